The van der Waals surface area contributed by atoms with Crippen LogP contribution in [0.15, 0.2) is 54.6 Å². The van der Waals surface area contributed by atoms with Gasteiger partial charge in [0.05, 0.1) is 11.6 Å². The third kappa shape index (κ3) is 3.51. The molecule has 0 unspecified atom stereocenters. The van der Waals surface area contributed by atoms with E-state index in [0.29, 0.717) is 5.56 Å². The number of rotatable bonds is 4. The Morgan fingerprint density at radius 3 is 2.41 bits per heavy atom. The number of benzene rings is 2. The molecule has 0 atom stereocenters. The Kier molecular flexibility index (Phi) is 4.91. The molecule has 1 aromatic heterocycles. The fourth-order valence-corrected chi connectivity index (χ4v) is 3.11. The minimum atomic E-state index is -0.477. The Labute approximate surface area is 157 Å². The number of allylic oxidation sites excluding steroid dienone is 1. The number of aryl methyl sites for hydroxylation is 1. The van der Waals surface area contributed by atoms with Gasteiger partial charge in [0.2, 0.25) is 5.91 Å². The zero-order valence-electron chi connectivity index (χ0n) is 15.0. The molecule has 1 amide bonds. The Hall–Kier alpha value is -3.65. The van der Waals surface area contributed by atoms with Crippen LogP contribution in [0.4, 0.5) is 4.39 Å². The summed E-state index contributed by atoms with van der Waals surface area (Å²) >= 11 is 0. The van der Waals surface area contributed by atoms with E-state index in [1.165, 1.54) is 6.07 Å². The number of nitrogens with zero attached hydrogens (tertiary/aromatic N) is 2. The molecule has 0 radical (unpaired) electrons. The number of primary amides is 1. The van der Waals surface area contributed by atoms with Gasteiger partial charge in [0.1, 0.15) is 5.82 Å². The van der Waals surface area contributed by atoms with Gasteiger partial charge in [-0.15, -0.1) is 0 Å². The first-order valence-corrected chi connectivity index (χ1v) is 8.38. The van der Waals surface area contributed by atoms with E-state index in [4.69, 9.17) is 5.73 Å². The minimum Gasteiger partial charge on any atom is -0.366 e. The van der Waals surface area contributed by atoms with Crippen LogP contribution in [-0.4, -0.2) is 10.5 Å². The Bertz CT molecular complexity index is 1090. The molecule has 0 saturated carbocycles. The lowest BCUT2D eigenvalue weighted by molar-refractivity contribution is 0.100. The van der Waals surface area contributed by atoms with Crippen molar-refractivity contribution in [2.75, 3.05) is 0 Å². The molecule has 2 aromatic carbocycles. The van der Waals surface area contributed by atoms with Crippen LogP contribution in [0.3, 0.4) is 0 Å². The molecule has 2 N–H and O–H groups in total. The maximum Gasteiger partial charge on any atom is 0.248 e. The van der Waals surface area contributed by atoms with Crippen molar-refractivity contribution in [2.24, 2.45) is 5.73 Å². The van der Waals surface area contributed by atoms with Crippen LogP contribution in [0.5, 0.6) is 0 Å². The average Bonchev–Trinajstić information content (AvgIpc) is 2.93. The monoisotopic (exact) mass is 359 g/mol. The highest BCUT2D eigenvalue weighted by atomic mass is 19.1. The quantitative estimate of drug-likeness (QED) is 0.702. The summed E-state index contributed by atoms with van der Waals surface area (Å²) in [6, 6.07) is 17.2. The van der Waals surface area contributed by atoms with Gasteiger partial charge < -0.3 is 10.3 Å². The molecule has 0 bridgehead atoms. The summed E-state index contributed by atoms with van der Waals surface area (Å²) in [5, 5.41) is 9.50. The molecule has 4 nitrogen and oxygen atoms in total. The van der Waals surface area contributed by atoms with Crippen molar-refractivity contribution >= 4 is 17.6 Å². The van der Waals surface area contributed by atoms with Crippen LogP contribution in [0.1, 0.15) is 32.9 Å². The Morgan fingerprint density at radius 1 is 1.15 bits per heavy atom. The number of carbonyl (C=O) groups is 1. The number of nitriles is 1. The molecule has 0 saturated heterocycles. The molecule has 134 valence electrons. The Morgan fingerprint density at radius 2 is 1.81 bits per heavy atom. The summed E-state index contributed by atoms with van der Waals surface area (Å²) in [7, 11) is 0. The lowest BCUT2D eigenvalue weighted by Gasteiger charge is -2.10. The van der Waals surface area contributed by atoms with E-state index in [1.807, 2.05) is 36.6 Å². The van der Waals surface area contributed by atoms with Crippen LogP contribution >= 0.6 is 0 Å². The molecular weight excluding hydrogens is 341 g/mol. The van der Waals surface area contributed by atoms with Gasteiger partial charge in [-0.05, 0) is 61.9 Å². The van der Waals surface area contributed by atoms with Crippen LogP contribution in [-0.2, 0) is 0 Å². The summed E-state index contributed by atoms with van der Waals surface area (Å²) in [6.07, 6.45) is 1.69. The first kappa shape index (κ1) is 18.2. The molecular formula is C22H18FN3O. The molecule has 0 aliphatic heterocycles. The second kappa shape index (κ2) is 7.30. The molecule has 0 aliphatic carbocycles. The lowest BCUT2D eigenvalue weighted by atomic mass is 10.0. The van der Waals surface area contributed by atoms with E-state index in [0.717, 1.165) is 22.6 Å². The van der Waals surface area contributed by atoms with E-state index in [9.17, 15) is 14.4 Å². The van der Waals surface area contributed by atoms with Gasteiger partial charge in [0, 0.05) is 28.2 Å². The molecule has 0 spiro atoms. The summed E-state index contributed by atoms with van der Waals surface area (Å²) in [6.45, 7) is 3.87. The predicted molar refractivity (Wildman–Crippen MR) is 104 cm³/mol. The largest absolute Gasteiger partial charge is 0.366 e. The van der Waals surface area contributed by atoms with Crippen LogP contribution in [0.25, 0.3) is 17.3 Å². The zero-order chi connectivity index (χ0) is 19.6. The van der Waals surface area contributed by atoms with Gasteiger partial charge >= 0.3 is 0 Å². The van der Waals surface area contributed by atoms with Crippen molar-refractivity contribution in [3.63, 3.8) is 0 Å². The van der Waals surface area contributed by atoms with Crippen molar-refractivity contribution in [3.05, 3.63) is 88.5 Å². The summed E-state index contributed by atoms with van der Waals surface area (Å²) < 4.78 is 16.1. The van der Waals surface area contributed by atoms with Crippen molar-refractivity contribution in [1.82, 2.24) is 4.57 Å². The Balaban J connectivity index is 2.07. The van der Waals surface area contributed by atoms with Gasteiger partial charge in [-0.25, -0.2) is 4.39 Å². The fraction of sp³-hybridized carbons (Fsp3) is 0.0909. The second-order valence-corrected chi connectivity index (χ2v) is 6.22. The van der Waals surface area contributed by atoms with Gasteiger partial charge in [0.25, 0.3) is 0 Å². The van der Waals surface area contributed by atoms with Gasteiger partial charge in [-0.3, -0.25) is 4.79 Å². The van der Waals surface area contributed by atoms with Crippen molar-refractivity contribution in [3.8, 4) is 11.8 Å². The fourth-order valence-electron chi connectivity index (χ4n) is 3.11. The van der Waals surface area contributed by atoms with Crippen molar-refractivity contribution in [1.29, 1.82) is 5.26 Å². The molecule has 3 rings (SSSR count). The van der Waals surface area contributed by atoms with E-state index < -0.39 is 11.7 Å². The topological polar surface area (TPSA) is 71.8 Å². The number of nitrogens with two attached hydrogens (primary N) is 1. The molecule has 0 fully saturated rings. The maximum atomic E-state index is 14.0. The molecule has 3 aromatic rings. The van der Waals surface area contributed by atoms with Crippen LogP contribution in [0, 0.1) is 31.0 Å². The molecule has 27 heavy (non-hydrogen) atoms. The van der Waals surface area contributed by atoms with Crippen molar-refractivity contribution < 1.29 is 9.18 Å². The van der Waals surface area contributed by atoms with E-state index in [1.54, 1.807) is 36.4 Å². The van der Waals surface area contributed by atoms with Gasteiger partial charge in [0.15, 0.2) is 0 Å². The van der Waals surface area contributed by atoms with Crippen LogP contribution in [0.2, 0.25) is 0 Å². The minimum absolute atomic E-state index is 0.262. The summed E-state index contributed by atoms with van der Waals surface area (Å²) in [5.74, 6) is -0.907. The molecule has 0 aliphatic rings. The van der Waals surface area contributed by atoms with Crippen molar-refractivity contribution in [2.45, 2.75) is 13.8 Å². The number of aromatic nitrogens is 1. The highest BCUT2D eigenvalue weighted by Gasteiger charge is 2.13. The number of hydrogen-bond acceptors (Lipinski definition) is 2. The number of halogens is 1. The van der Waals surface area contributed by atoms with E-state index in [-0.39, 0.29) is 11.1 Å². The average molecular weight is 359 g/mol. The third-order valence-electron chi connectivity index (χ3n) is 4.46. The first-order chi connectivity index (χ1) is 12.9. The van der Waals surface area contributed by atoms with E-state index >= 15 is 0 Å². The summed E-state index contributed by atoms with van der Waals surface area (Å²) in [5.41, 5.74) is 9.82. The summed E-state index contributed by atoms with van der Waals surface area (Å²) in [4.78, 5) is 11.2. The molecule has 1 heterocycles. The highest BCUT2D eigenvalue weighted by molar-refractivity contribution is 5.93. The van der Waals surface area contributed by atoms with Gasteiger partial charge in [-0.2, -0.15) is 5.26 Å². The normalized spacial score (nSPS) is 11.3. The zero-order valence-corrected chi connectivity index (χ0v) is 15.0. The van der Waals surface area contributed by atoms with E-state index in [2.05, 4.69) is 6.07 Å². The van der Waals surface area contributed by atoms with Crippen LogP contribution < -0.4 is 5.73 Å². The van der Waals surface area contributed by atoms with Gasteiger partial charge in [-0.1, -0.05) is 18.2 Å². The lowest BCUT2D eigenvalue weighted by Crippen LogP contribution is -2.10. The highest BCUT2D eigenvalue weighted by Crippen LogP contribution is 2.26. The number of carbonyl (C=O) groups excluding carboxylic acids is 1. The maximum absolute atomic E-state index is 14.0. The SMILES string of the molecule is Cc1cc(/C=C(/C#N)c2ccccc2F)c(C)n1-c1ccc(C(N)=O)cc1. The molecule has 5 heteroatoms. The second-order valence-electron chi connectivity index (χ2n) is 6.22. The standard InChI is InChI=1S/C22H18FN3O/c1-14-11-17(12-18(13-24)20-5-3-4-6-21(20)23)15(2)26(14)19-9-7-16(8-10-19)22(25)27/h3-12H,1-2H3,(H2,25,27)/b18-12-. The third-order valence-corrected chi connectivity index (χ3v) is 4.46. The first-order valence-electron chi connectivity index (χ1n) is 8.38. The number of hydrogen-bond donors (Lipinski definition) is 1. The predicted octanol–water partition coefficient (Wildman–Crippen LogP) is 4.40. The smallest absolute Gasteiger partial charge is 0.248 e. The number of amides is 1.